The summed E-state index contributed by atoms with van der Waals surface area (Å²) >= 11 is 3.17. The predicted octanol–water partition coefficient (Wildman–Crippen LogP) is 3.56. The van der Waals surface area contributed by atoms with Crippen molar-refractivity contribution in [2.75, 3.05) is 0 Å². The summed E-state index contributed by atoms with van der Waals surface area (Å²) < 4.78 is 28.1. The molecule has 0 aliphatic rings. The van der Waals surface area contributed by atoms with Gasteiger partial charge < -0.3 is 4.74 Å². The third kappa shape index (κ3) is 3.27. The maximum Gasteiger partial charge on any atom is 0.387 e. The molecule has 0 saturated carbocycles. The van der Waals surface area contributed by atoms with Gasteiger partial charge >= 0.3 is 6.61 Å². The third-order valence-electron chi connectivity index (χ3n) is 2.05. The van der Waals surface area contributed by atoms with Crippen molar-refractivity contribution in [2.24, 2.45) is 0 Å². The molecule has 1 unspecified atom stereocenters. The van der Waals surface area contributed by atoms with Gasteiger partial charge in [-0.25, -0.2) is 0 Å². The molecule has 0 aliphatic carbocycles. The largest absolute Gasteiger partial charge is 0.435 e. The van der Waals surface area contributed by atoms with E-state index in [0.29, 0.717) is 11.1 Å². The quantitative estimate of drug-likeness (QED) is 0.626. The van der Waals surface area contributed by atoms with Crippen molar-refractivity contribution in [3.63, 3.8) is 0 Å². The summed E-state index contributed by atoms with van der Waals surface area (Å²) in [6, 6.07) is 4.28. The molecule has 1 aromatic carbocycles. The fourth-order valence-corrected chi connectivity index (χ4v) is 1.55. The molecule has 0 radical (unpaired) electrons. The molecule has 1 aromatic rings. The molecular weight excluding hydrogens is 282 g/mol. The Morgan fingerprint density at radius 3 is 2.50 bits per heavy atom. The Kier molecular flexibility index (Phi) is 4.41. The Bertz CT molecular complexity index is 392. The van der Waals surface area contributed by atoms with Gasteiger partial charge in [-0.1, -0.05) is 15.9 Å². The first-order chi connectivity index (χ1) is 7.41. The SMILES string of the molecule is Cc1cc(OC(F)F)ccc1C(=O)C(C)Br. The zero-order chi connectivity index (χ0) is 12.3. The topological polar surface area (TPSA) is 26.3 Å². The Morgan fingerprint density at radius 2 is 2.06 bits per heavy atom. The van der Waals surface area contributed by atoms with Gasteiger partial charge in [-0.05, 0) is 37.6 Å². The lowest BCUT2D eigenvalue weighted by Crippen LogP contribution is -2.12. The van der Waals surface area contributed by atoms with Gasteiger partial charge in [0.2, 0.25) is 0 Å². The second kappa shape index (κ2) is 5.39. The lowest BCUT2D eigenvalue weighted by Gasteiger charge is -2.09. The Labute approximate surface area is 101 Å². The van der Waals surface area contributed by atoms with E-state index >= 15 is 0 Å². The fourth-order valence-electron chi connectivity index (χ4n) is 1.30. The average Bonchev–Trinajstić information content (AvgIpc) is 2.15. The van der Waals surface area contributed by atoms with Gasteiger partial charge in [0.05, 0.1) is 4.83 Å². The minimum Gasteiger partial charge on any atom is -0.435 e. The standard InChI is InChI=1S/C11H11BrF2O2/c1-6-5-8(16-11(13)14)3-4-9(6)10(15)7(2)12/h3-5,7,11H,1-2H3. The zero-order valence-corrected chi connectivity index (χ0v) is 10.4. The highest BCUT2D eigenvalue weighted by atomic mass is 79.9. The molecule has 0 fully saturated rings. The van der Waals surface area contributed by atoms with E-state index in [1.807, 2.05) is 0 Å². The maximum absolute atomic E-state index is 11.9. The molecule has 88 valence electrons. The summed E-state index contributed by atoms with van der Waals surface area (Å²) in [4.78, 5) is 11.4. The molecule has 0 aliphatic heterocycles. The molecule has 2 nitrogen and oxygen atoms in total. The van der Waals surface area contributed by atoms with E-state index < -0.39 is 6.61 Å². The van der Waals surface area contributed by atoms with Crippen LogP contribution in [-0.4, -0.2) is 17.2 Å². The highest BCUT2D eigenvalue weighted by Gasteiger charge is 2.15. The van der Waals surface area contributed by atoms with E-state index in [4.69, 9.17) is 0 Å². The summed E-state index contributed by atoms with van der Waals surface area (Å²) in [7, 11) is 0. The maximum atomic E-state index is 11.9. The number of rotatable bonds is 4. The van der Waals surface area contributed by atoms with Crippen LogP contribution >= 0.6 is 15.9 Å². The van der Waals surface area contributed by atoms with Gasteiger partial charge in [0.25, 0.3) is 0 Å². The van der Waals surface area contributed by atoms with Crippen LogP contribution < -0.4 is 4.74 Å². The lowest BCUT2D eigenvalue weighted by molar-refractivity contribution is -0.0498. The fraction of sp³-hybridized carbons (Fsp3) is 0.364. The number of ketones is 1. The number of benzene rings is 1. The van der Waals surface area contributed by atoms with Gasteiger partial charge in [-0.15, -0.1) is 0 Å². The Morgan fingerprint density at radius 1 is 1.44 bits per heavy atom. The van der Waals surface area contributed by atoms with Crippen molar-refractivity contribution < 1.29 is 18.3 Å². The van der Waals surface area contributed by atoms with Crippen LogP contribution in [0, 0.1) is 6.92 Å². The van der Waals surface area contributed by atoms with E-state index in [0.717, 1.165) is 0 Å². The van der Waals surface area contributed by atoms with E-state index in [2.05, 4.69) is 20.7 Å². The third-order valence-corrected chi connectivity index (χ3v) is 2.47. The molecule has 0 heterocycles. The van der Waals surface area contributed by atoms with Crippen LogP contribution in [0.4, 0.5) is 8.78 Å². The predicted molar refractivity (Wildman–Crippen MR) is 60.5 cm³/mol. The van der Waals surface area contributed by atoms with Crippen LogP contribution in [0.3, 0.4) is 0 Å². The summed E-state index contributed by atoms with van der Waals surface area (Å²) in [6.45, 7) is 0.544. The second-order valence-corrected chi connectivity index (χ2v) is 4.71. The van der Waals surface area contributed by atoms with Crippen molar-refractivity contribution in [3.8, 4) is 5.75 Å². The molecule has 0 amide bonds. The Hall–Kier alpha value is -0.970. The summed E-state index contributed by atoms with van der Waals surface area (Å²) in [5, 5.41) is 0. The van der Waals surface area contributed by atoms with Crippen molar-refractivity contribution in [1.29, 1.82) is 0 Å². The number of aryl methyl sites for hydroxylation is 1. The number of hydrogen-bond acceptors (Lipinski definition) is 2. The van der Waals surface area contributed by atoms with Crippen molar-refractivity contribution in [2.45, 2.75) is 25.3 Å². The summed E-state index contributed by atoms with van der Waals surface area (Å²) in [6.07, 6.45) is 0. The number of alkyl halides is 3. The van der Waals surface area contributed by atoms with Crippen LogP contribution in [0.25, 0.3) is 0 Å². The normalized spacial score (nSPS) is 12.6. The van der Waals surface area contributed by atoms with E-state index in [9.17, 15) is 13.6 Å². The summed E-state index contributed by atoms with van der Waals surface area (Å²) in [5.41, 5.74) is 1.13. The highest BCUT2D eigenvalue weighted by molar-refractivity contribution is 9.10. The minimum absolute atomic E-state index is 0.0614. The molecule has 0 N–H and O–H groups in total. The summed E-state index contributed by atoms with van der Waals surface area (Å²) in [5.74, 6) is -0.0210. The number of Topliss-reactive ketones (excluding diaryl/α,β-unsaturated/α-hetero) is 1. The van der Waals surface area contributed by atoms with Gasteiger partial charge in [0.15, 0.2) is 5.78 Å². The van der Waals surface area contributed by atoms with Crippen LogP contribution in [0.15, 0.2) is 18.2 Å². The average molecular weight is 293 g/mol. The van der Waals surface area contributed by atoms with Gasteiger partial charge in [0, 0.05) is 5.56 Å². The van der Waals surface area contributed by atoms with E-state index in [-0.39, 0.29) is 16.4 Å². The molecular formula is C11H11BrF2O2. The van der Waals surface area contributed by atoms with E-state index in [1.54, 1.807) is 13.8 Å². The second-order valence-electron chi connectivity index (χ2n) is 3.34. The minimum atomic E-state index is -2.85. The molecule has 0 spiro atoms. The number of ether oxygens (including phenoxy) is 1. The molecule has 5 heteroatoms. The molecule has 1 atom stereocenters. The Balaban J connectivity index is 2.96. The molecule has 0 aromatic heterocycles. The lowest BCUT2D eigenvalue weighted by atomic mass is 10.0. The van der Waals surface area contributed by atoms with Gasteiger partial charge in [0.1, 0.15) is 5.75 Å². The molecule has 0 bridgehead atoms. The van der Waals surface area contributed by atoms with Gasteiger partial charge in [-0.2, -0.15) is 8.78 Å². The smallest absolute Gasteiger partial charge is 0.387 e. The first kappa shape index (κ1) is 13.1. The van der Waals surface area contributed by atoms with Crippen LogP contribution in [-0.2, 0) is 0 Å². The molecule has 16 heavy (non-hydrogen) atoms. The van der Waals surface area contributed by atoms with Crippen LogP contribution in [0.2, 0.25) is 0 Å². The van der Waals surface area contributed by atoms with Crippen molar-refractivity contribution in [3.05, 3.63) is 29.3 Å². The van der Waals surface area contributed by atoms with Gasteiger partial charge in [-0.3, -0.25) is 4.79 Å². The monoisotopic (exact) mass is 292 g/mol. The number of halogens is 3. The number of carbonyl (C=O) groups is 1. The first-order valence-electron chi connectivity index (χ1n) is 4.65. The van der Waals surface area contributed by atoms with Crippen LogP contribution in [0.5, 0.6) is 5.75 Å². The van der Waals surface area contributed by atoms with Crippen LogP contribution in [0.1, 0.15) is 22.8 Å². The molecule has 1 rings (SSSR count). The zero-order valence-electron chi connectivity index (χ0n) is 8.84. The highest BCUT2D eigenvalue weighted by Crippen LogP contribution is 2.21. The molecule has 0 saturated heterocycles. The number of hydrogen-bond donors (Lipinski definition) is 0. The number of carbonyl (C=O) groups excluding carboxylic acids is 1. The van der Waals surface area contributed by atoms with Crippen molar-refractivity contribution in [1.82, 2.24) is 0 Å². The van der Waals surface area contributed by atoms with Crippen molar-refractivity contribution >= 4 is 21.7 Å². The first-order valence-corrected chi connectivity index (χ1v) is 5.57. The van der Waals surface area contributed by atoms with E-state index in [1.165, 1.54) is 18.2 Å².